The summed E-state index contributed by atoms with van der Waals surface area (Å²) in [5.41, 5.74) is 7.51. The molecule has 0 saturated carbocycles. The Morgan fingerprint density at radius 3 is 2.59 bits per heavy atom. The Morgan fingerprint density at radius 1 is 1.18 bits per heavy atom. The third-order valence-corrected chi connectivity index (χ3v) is 3.23. The van der Waals surface area contributed by atoms with Crippen LogP contribution in [-0.2, 0) is 19.0 Å². The maximum atomic E-state index is 12.7. The third-order valence-electron chi connectivity index (χ3n) is 3.23. The van der Waals surface area contributed by atoms with Gasteiger partial charge in [-0.2, -0.15) is 13.2 Å². The second-order valence-corrected chi connectivity index (χ2v) is 4.54. The van der Waals surface area contributed by atoms with Crippen molar-refractivity contribution in [2.45, 2.75) is 25.1 Å². The molecule has 2 nitrogen and oxygen atoms in total. The van der Waals surface area contributed by atoms with Gasteiger partial charge in [0, 0.05) is 23.1 Å². The quantitative estimate of drug-likeness (QED) is 0.730. The van der Waals surface area contributed by atoms with Crippen molar-refractivity contribution in [2.24, 2.45) is 5.73 Å². The molecule has 17 heavy (non-hydrogen) atoms. The van der Waals surface area contributed by atoms with Gasteiger partial charge in [-0.15, -0.1) is 0 Å². The molecule has 1 unspecified atom stereocenters. The van der Waals surface area contributed by atoms with Crippen LogP contribution in [0.3, 0.4) is 0 Å². The van der Waals surface area contributed by atoms with Crippen molar-refractivity contribution >= 4 is 10.9 Å². The van der Waals surface area contributed by atoms with Gasteiger partial charge in [0.15, 0.2) is 0 Å². The van der Waals surface area contributed by atoms with Crippen LogP contribution in [0.4, 0.5) is 13.2 Å². The van der Waals surface area contributed by atoms with Gasteiger partial charge in [-0.25, -0.2) is 0 Å². The highest BCUT2D eigenvalue weighted by atomic mass is 19.4. The summed E-state index contributed by atoms with van der Waals surface area (Å²) in [6.45, 7) is 0. The van der Waals surface area contributed by atoms with Crippen molar-refractivity contribution in [1.29, 1.82) is 0 Å². The Balaban J connectivity index is 2.27. The first-order chi connectivity index (χ1) is 7.95. The second-order valence-electron chi connectivity index (χ2n) is 4.54. The van der Waals surface area contributed by atoms with Crippen molar-refractivity contribution in [3.63, 3.8) is 0 Å². The predicted octanol–water partition coefficient (Wildman–Crippen LogP) is 2.61. The molecule has 0 saturated heterocycles. The van der Waals surface area contributed by atoms with E-state index in [0.29, 0.717) is 17.5 Å². The topological polar surface area (TPSA) is 41.8 Å². The lowest BCUT2D eigenvalue weighted by molar-refractivity contribution is -0.137. The maximum absolute atomic E-state index is 12.7. The van der Waals surface area contributed by atoms with E-state index >= 15 is 0 Å². The lowest BCUT2D eigenvalue weighted by Crippen LogP contribution is -2.28. The lowest BCUT2D eigenvalue weighted by Gasteiger charge is -2.20. The number of halogens is 3. The fourth-order valence-electron chi connectivity index (χ4n) is 2.56. The van der Waals surface area contributed by atoms with Crippen molar-refractivity contribution in [1.82, 2.24) is 4.98 Å². The molecular formula is C12H11F3N2. The number of hydrogen-bond acceptors (Lipinski definition) is 1. The van der Waals surface area contributed by atoms with Crippen LogP contribution in [0.25, 0.3) is 10.9 Å². The summed E-state index contributed by atoms with van der Waals surface area (Å²) < 4.78 is 38.1. The van der Waals surface area contributed by atoms with Crippen LogP contribution in [0.1, 0.15) is 16.7 Å². The molecule has 0 fully saturated rings. The molecule has 0 amide bonds. The van der Waals surface area contributed by atoms with Gasteiger partial charge < -0.3 is 10.7 Å². The number of rotatable bonds is 0. The van der Waals surface area contributed by atoms with E-state index in [2.05, 4.69) is 4.98 Å². The highest BCUT2D eigenvalue weighted by molar-refractivity contribution is 5.88. The summed E-state index contributed by atoms with van der Waals surface area (Å²) in [7, 11) is 0. The number of H-pyrrole nitrogens is 1. The van der Waals surface area contributed by atoms with Crippen LogP contribution in [0.5, 0.6) is 0 Å². The molecule has 2 aromatic rings. The monoisotopic (exact) mass is 240 g/mol. The van der Waals surface area contributed by atoms with E-state index in [4.69, 9.17) is 5.73 Å². The molecule has 90 valence electrons. The largest absolute Gasteiger partial charge is 0.416 e. The minimum absolute atomic E-state index is 0.0926. The van der Waals surface area contributed by atoms with Crippen molar-refractivity contribution in [2.75, 3.05) is 0 Å². The van der Waals surface area contributed by atoms with Gasteiger partial charge >= 0.3 is 6.18 Å². The summed E-state index contributed by atoms with van der Waals surface area (Å²) in [4.78, 5) is 2.90. The van der Waals surface area contributed by atoms with Gasteiger partial charge in [-0.1, -0.05) is 0 Å². The summed E-state index contributed by atoms with van der Waals surface area (Å²) >= 11 is 0. The van der Waals surface area contributed by atoms with Gasteiger partial charge in [-0.3, -0.25) is 0 Å². The minimum atomic E-state index is -4.31. The van der Waals surface area contributed by atoms with Crippen LogP contribution in [0.15, 0.2) is 18.3 Å². The third kappa shape index (κ3) is 1.61. The van der Waals surface area contributed by atoms with Crippen molar-refractivity contribution < 1.29 is 13.2 Å². The fourth-order valence-corrected chi connectivity index (χ4v) is 2.56. The summed E-state index contributed by atoms with van der Waals surface area (Å²) in [6.07, 6.45) is -1.32. The van der Waals surface area contributed by atoms with Gasteiger partial charge in [-0.05, 0) is 36.1 Å². The van der Waals surface area contributed by atoms with Crippen LogP contribution >= 0.6 is 0 Å². The average molecular weight is 240 g/mol. The van der Waals surface area contributed by atoms with E-state index in [1.54, 1.807) is 6.20 Å². The van der Waals surface area contributed by atoms with E-state index < -0.39 is 11.7 Å². The van der Waals surface area contributed by atoms with Crippen LogP contribution in [0, 0.1) is 0 Å². The van der Waals surface area contributed by atoms with E-state index in [1.807, 2.05) is 0 Å². The molecule has 1 aromatic carbocycles. The van der Waals surface area contributed by atoms with Crippen LogP contribution < -0.4 is 5.73 Å². The number of nitrogens with one attached hydrogen (secondary N) is 1. The Labute approximate surface area is 95.6 Å². The van der Waals surface area contributed by atoms with Gasteiger partial charge in [0.1, 0.15) is 0 Å². The number of hydrogen-bond donors (Lipinski definition) is 2. The lowest BCUT2D eigenvalue weighted by atomic mass is 9.88. The molecule has 1 atom stereocenters. The smallest absolute Gasteiger partial charge is 0.361 e. The maximum Gasteiger partial charge on any atom is 0.416 e. The Kier molecular flexibility index (Phi) is 2.04. The van der Waals surface area contributed by atoms with Crippen molar-refractivity contribution in [3.05, 3.63) is 35.0 Å². The predicted molar refractivity (Wildman–Crippen MR) is 58.7 cm³/mol. The van der Waals surface area contributed by atoms with Crippen LogP contribution in [-0.4, -0.2) is 11.0 Å². The second kappa shape index (κ2) is 3.26. The standard InChI is InChI=1S/C12H11F3N2/c13-12(14,15)8-1-6-2-9(16)3-7-5-17-10(4-8)11(6)7/h1,4-5,9,17H,2-3,16H2. The average Bonchev–Trinajstić information content (AvgIpc) is 2.60. The first kappa shape index (κ1) is 10.7. The fraction of sp³-hybridized carbons (Fsp3) is 0.333. The zero-order chi connectivity index (χ0) is 12.2. The van der Waals surface area contributed by atoms with E-state index in [0.717, 1.165) is 17.4 Å². The molecule has 0 aliphatic heterocycles. The number of benzene rings is 1. The molecule has 3 rings (SSSR count). The highest BCUT2D eigenvalue weighted by Crippen LogP contribution is 2.36. The Morgan fingerprint density at radius 2 is 1.88 bits per heavy atom. The number of aromatic amines is 1. The number of nitrogens with two attached hydrogens (primary N) is 1. The summed E-state index contributed by atoms with van der Waals surface area (Å²) in [6, 6.07) is 2.29. The molecule has 3 N–H and O–H groups in total. The van der Waals surface area contributed by atoms with Gasteiger partial charge in [0.05, 0.1) is 5.56 Å². The zero-order valence-electron chi connectivity index (χ0n) is 8.93. The molecule has 1 aliphatic rings. The first-order valence-corrected chi connectivity index (χ1v) is 5.41. The highest BCUT2D eigenvalue weighted by Gasteiger charge is 2.32. The zero-order valence-corrected chi connectivity index (χ0v) is 8.93. The molecule has 0 bridgehead atoms. The first-order valence-electron chi connectivity index (χ1n) is 5.41. The SMILES string of the molecule is NC1Cc2c[nH]c3cc(C(F)(F)F)cc(c23)C1. The number of aromatic nitrogens is 1. The summed E-state index contributed by atoms with van der Waals surface area (Å²) in [5.74, 6) is 0. The van der Waals surface area contributed by atoms with Gasteiger partial charge in [0.2, 0.25) is 0 Å². The normalized spacial score (nSPS) is 19.9. The molecule has 5 heteroatoms. The molecule has 1 aliphatic carbocycles. The molecule has 0 spiro atoms. The molecule has 1 heterocycles. The minimum Gasteiger partial charge on any atom is -0.361 e. The van der Waals surface area contributed by atoms with Crippen LogP contribution in [0.2, 0.25) is 0 Å². The molecule has 0 radical (unpaired) electrons. The van der Waals surface area contributed by atoms with E-state index in [9.17, 15) is 13.2 Å². The van der Waals surface area contributed by atoms with E-state index in [-0.39, 0.29) is 6.04 Å². The summed E-state index contributed by atoms with van der Waals surface area (Å²) in [5, 5.41) is 0.916. The molecule has 1 aromatic heterocycles. The molecular weight excluding hydrogens is 229 g/mol. The Bertz CT molecular complexity index is 583. The van der Waals surface area contributed by atoms with Crippen molar-refractivity contribution in [3.8, 4) is 0 Å². The van der Waals surface area contributed by atoms with Gasteiger partial charge in [0.25, 0.3) is 0 Å². The number of alkyl halides is 3. The van der Waals surface area contributed by atoms with E-state index in [1.165, 1.54) is 12.1 Å². The Hall–Kier alpha value is -1.49.